The van der Waals surface area contributed by atoms with Crippen LogP contribution in [0.4, 0.5) is 0 Å². The molecule has 1 amide bonds. The Morgan fingerprint density at radius 2 is 1.92 bits per heavy atom. The molecule has 0 saturated carbocycles. The number of hydrogen-bond acceptors (Lipinski definition) is 4. The summed E-state index contributed by atoms with van der Waals surface area (Å²) in [5.74, 6) is -0.821. The fourth-order valence-corrected chi connectivity index (χ4v) is 3.75. The molecule has 7 heteroatoms. The molecule has 3 rings (SSSR count). The van der Waals surface area contributed by atoms with Gasteiger partial charge in [-0.3, -0.25) is 19.4 Å². The van der Waals surface area contributed by atoms with Gasteiger partial charge in [-0.2, -0.15) is 0 Å². The van der Waals surface area contributed by atoms with Crippen LogP contribution in [0.3, 0.4) is 0 Å². The van der Waals surface area contributed by atoms with Crippen molar-refractivity contribution in [2.24, 2.45) is 0 Å². The first kappa shape index (κ1) is 18.4. The molecule has 7 nitrogen and oxygen atoms in total. The maximum absolute atomic E-state index is 12.1. The Bertz CT molecular complexity index is 793. The molecule has 1 aliphatic heterocycles. The van der Waals surface area contributed by atoms with E-state index in [2.05, 4.69) is 15.2 Å². The molecule has 0 spiro atoms. The number of piperazine rings is 1. The molecule has 3 N–H and O–H groups in total. The summed E-state index contributed by atoms with van der Waals surface area (Å²) >= 11 is 0. The van der Waals surface area contributed by atoms with Gasteiger partial charge in [-0.05, 0) is 19.9 Å². The number of nitrogens with one attached hydrogen (secondary N) is 2. The van der Waals surface area contributed by atoms with Crippen LogP contribution in [0.5, 0.6) is 0 Å². The van der Waals surface area contributed by atoms with Gasteiger partial charge in [0.1, 0.15) is 6.04 Å². The highest BCUT2D eigenvalue weighted by Crippen LogP contribution is 2.32. The third kappa shape index (κ3) is 3.73. The van der Waals surface area contributed by atoms with Crippen LogP contribution in [0.15, 0.2) is 24.3 Å². The van der Waals surface area contributed by atoms with Gasteiger partial charge in [-0.15, -0.1) is 0 Å². The fourth-order valence-electron chi connectivity index (χ4n) is 3.75. The molecule has 1 saturated heterocycles. The predicted molar refractivity (Wildman–Crippen MR) is 100 cm³/mol. The summed E-state index contributed by atoms with van der Waals surface area (Å²) in [7, 11) is 0. The average Bonchev–Trinajstić information content (AvgIpc) is 2.93. The zero-order valence-electron chi connectivity index (χ0n) is 15.3. The lowest BCUT2D eigenvalue weighted by molar-refractivity contribution is -0.144. The number of para-hydroxylation sites is 1. The number of benzene rings is 1. The molecule has 2 heterocycles. The number of aliphatic carboxylic acids is 1. The van der Waals surface area contributed by atoms with Gasteiger partial charge in [0, 0.05) is 54.9 Å². The molecule has 1 fully saturated rings. The van der Waals surface area contributed by atoms with Gasteiger partial charge >= 0.3 is 5.97 Å². The van der Waals surface area contributed by atoms with E-state index in [1.54, 1.807) is 0 Å². The molecule has 1 aromatic heterocycles. The van der Waals surface area contributed by atoms with Gasteiger partial charge in [-0.25, -0.2) is 0 Å². The second kappa shape index (κ2) is 7.88. The molecule has 0 bridgehead atoms. The fraction of sp³-hybridized carbons (Fsp3) is 0.474. The van der Waals surface area contributed by atoms with Crippen LogP contribution in [0.2, 0.25) is 0 Å². The van der Waals surface area contributed by atoms with Crippen LogP contribution in [0.25, 0.3) is 10.9 Å². The standard InChI is InChI=1S/C19H26N4O3/c1-3-20-16(24)12-22-8-10-23(11-9-22)18(19(25)26)17-13(2)21-15-7-5-4-6-14(15)17/h4-7,18,21H,3,8-12H2,1-2H3,(H,20,24)(H,25,26). The van der Waals surface area contributed by atoms with Crippen molar-refractivity contribution < 1.29 is 14.7 Å². The van der Waals surface area contributed by atoms with Gasteiger partial charge in [0.15, 0.2) is 0 Å². The molecule has 140 valence electrons. The molecule has 26 heavy (non-hydrogen) atoms. The number of amides is 1. The first-order valence-corrected chi connectivity index (χ1v) is 9.04. The monoisotopic (exact) mass is 358 g/mol. The Morgan fingerprint density at radius 1 is 1.23 bits per heavy atom. The third-order valence-corrected chi connectivity index (χ3v) is 4.96. The summed E-state index contributed by atoms with van der Waals surface area (Å²) in [6.07, 6.45) is 0. The summed E-state index contributed by atoms with van der Waals surface area (Å²) in [5, 5.41) is 13.7. The van der Waals surface area contributed by atoms with Crippen LogP contribution < -0.4 is 5.32 Å². The molecule has 1 atom stereocenters. The number of carboxylic acid groups (broad SMARTS) is 1. The Labute approximate surface area is 153 Å². The minimum absolute atomic E-state index is 0.0169. The molecular weight excluding hydrogens is 332 g/mol. The van der Waals surface area contributed by atoms with Crippen LogP contribution in [0, 0.1) is 6.92 Å². The smallest absolute Gasteiger partial charge is 0.325 e. The summed E-state index contributed by atoms with van der Waals surface area (Å²) in [6.45, 7) is 7.42. The number of aromatic amines is 1. The highest BCUT2D eigenvalue weighted by atomic mass is 16.4. The number of fused-ring (bicyclic) bond motifs is 1. The first-order valence-electron chi connectivity index (χ1n) is 9.04. The molecule has 2 aromatic rings. The van der Waals surface area contributed by atoms with Crippen LogP contribution in [-0.4, -0.2) is 71.0 Å². The van der Waals surface area contributed by atoms with E-state index in [0.29, 0.717) is 39.3 Å². The van der Waals surface area contributed by atoms with Crippen LogP contribution in [0.1, 0.15) is 24.2 Å². The average molecular weight is 358 g/mol. The SMILES string of the molecule is CCNC(=O)CN1CCN(C(C(=O)O)c2c(C)[nH]c3ccccc23)CC1. The lowest BCUT2D eigenvalue weighted by Gasteiger charge is -2.37. The number of nitrogens with zero attached hydrogens (tertiary/aromatic N) is 2. The van der Waals surface area contributed by atoms with E-state index in [1.807, 2.05) is 43.0 Å². The first-order chi connectivity index (χ1) is 12.5. The second-order valence-corrected chi connectivity index (χ2v) is 6.72. The third-order valence-electron chi connectivity index (χ3n) is 4.96. The normalized spacial score (nSPS) is 17.3. The zero-order chi connectivity index (χ0) is 18.7. The molecule has 1 aromatic carbocycles. The Morgan fingerprint density at radius 3 is 2.58 bits per heavy atom. The van der Waals surface area contributed by atoms with Crippen molar-refractivity contribution in [3.63, 3.8) is 0 Å². The van der Waals surface area contributed by atoms with E-state index in [4.69, 9.17) is 0 Å². The second-order valence-electron chi connectivity index (χ2n) is 6.72. The lowest BCUT2D eigenvalue weighted by Crippen LogP contribution is -2.51. The largest absolute Gasteiger partial charge is 0.480 e. The van der Waals surface area contributed by atoms with E-state index in [1.165, 1.54) is 0 Å². The zero-order valence-corrected chi connectivity index (χ0v) is 15.3. The Hall–Kier alpha value is -2.38. The minimum Gasteiger partial charge on any atom is -0.480 e. The van der Waals surface area contributed by atoms with Gasteiger partial charge in [-0.1, -0.05) is 18.2 Å². The van der Waals surface area contributed by atoms with E-state index in [-0.39, 0.29) is 5.91 Å². The topological polar surface area (TPSA) is 88.7 Å². The quantitative estimate of drug-likeness (QED) is 0.726. The number of rotatable bonds is 6. The van der Waals surface area contributed by atoms with Crippen LogP contribution in [-0.2, 0) is 9.59 Å². The van der Waals surface area contributed by atoms with E-state index in [0.717, 1.165) is 22.2 Å². The predicted octanol–water partition coefficient (Wildman–Crippen LogP) is 1.36. The van der Waals surface area contributed by atoms with Gasteiger partial charge in [0.05, 0.1) is 6.54 Å². The summed E-state index contributed by atoms with van der Waals surface area (Å²) < 4.78 is 0. The van der Waals surface area contributed by atoms with Crippen molar-refractivity contribution in [3.05, 3.63) is 35.5 Å². The van der Waals surface area contributed by atoms with Gasteiger partial charge in [0.25, 0.3) is 0 Å². The van der Waals surface area contributed by atoms with E-state index < -0.39 is 12.0 Å². The van der Waals surface area contributed by atoms with Crippen molar-refractivity contribution >= 4 is 22.8 Å². The number of carbonyl (C=O) groups is 2. The lowest BCUT2D eigenvalue weighted by atomic mass is 10.0. The van der Waals surface area contributed by atoms with Gasteiger partial charge < -0.3 is 15.4 Å². The molecular formula is C19H26N4O3. The van der Waals surface area contributed by atoms with Crippen molar-refractivity contribution in [2.45, 2.75) is 19.9 Å². The highest BCUT2D eigenvalue weighted by Gasteiger charge is 2.33. The van der Waals surface area contributed by atoms with Crippen LogP contribution >= 0.6 is 0 Å². The molecule has 0 radical (unpaired) electrons. The van der Waals surface area contributed by atoms with E-state index in [9.17, 15) is 14.7 Å². The minimum atomic E-state index is -0.838. The molecule has 1 unspecified atom stereocenters. The van der Waals surface area contributed by atoms with E-state index >= 15 is 0 Å². The Balaban J connectivity index is 1.77. The van der Waals surface area contributed by atoms with Crippen molar-refractivity contribution in [3.8, 4) is 0 Å². The summed E-state index contributed by atoms with van der Waals surface area (Å²) in [6, 6.07) is 7.13. The van der Waals surface area contributed by atoms with Crippen molar-refractivity contribution in [1.82, 2.24) is 20.1 Å². The maximum atomic E-state index is 12.1. The number of aromatic nitrogens is 1. The Kier molecular flexibility index (Phi) is 5.58. The highest BCUT2D eigenvalue weighted by molar-refractivity contribution is 5.90. The van der Waals surface area contributed by atoms with Crippen molar-refractivity contribution in [2.75, 3.05) is 39.3 Å². The summed E-state index contributed by atoms with van der Waals surface area (Å²) in [5.41, 5.74) is 2.69. The number of carbonyl (C=O) groups excluding carboxylic acids is 1. The number of aryl methyl sites for hydroxylation is 1. The summed E-state index contributed by atoms with van der Waals surface area (Å²) in [4.78, 5) is 31.2. The number of carboxylic acids is 1. The maximum Gasteiger partial charge on any atom is 0.325 e. The number of H-pyrrole nitrogens is 1. The molecule has 0 aliphatic carbocycles. The number of likely N-dealkylation sites (N-methyl/N-ethyl adjacent to an activating group) is 1. The van der Waals surface area contributed by atoms with Gasteiger partial charge in [0.2, 0.25) is 5.91 Å². The molecule has 1 aliphatic rings. The van der Waals surface area contributed by atoms with Crippen molar-refractivity contribution in [1.29, 1.82) is 0 Å². The number of hydrogen-bond donors (Lipinski definition) is 3.